The van der Waals surface area contributed by atoms with Crippen LogP contribution >= 0.6 is 0 Å². The molecule has 0 amide bonds. The molecule has 0 bridgehead atoms. The Hall–Kier alpha value is -1.29. The largest absolute Gasteiger partial charge is 0.302 e. The van der Waals surface area contributed by atoms with E-state index in [4.69, 9.17) is 0 Å². The second kappa shape index (κ2) is 7.64. The molecule has 0 N–H and O–H groups in total. The summed E-state index contributed by atoms with van der Waals surface area (Å²) in [6.07, 6.45) is 5.62. The lowest BCUT2D eigenvalue weighted by Crippen LogP contribution is -2.30. The lowest BCUT2D eigenvalue weighted by Gasteiger charge is -2.37. The van der Waals surface area contributed by atoms with Gasteiger partial charge in [-0.15, -0.1) is 0 Å². The zero-order chi connectivity index (χ0) is 15.2. The van der Waals surface area contributed by atoms with Gasteiger partial charge in [-0.2, -0.15) is 4.91 Å². The molecule has 4 heteroatoms. The van der Waals surface area contributed by atoms with Gasteiger partial charge in [0.25, 0.3) is 0 Å². The highest BCUT2D eigenvalue weighted by molar-refractivity contribution is 5.21. The minimum atomic E-state index is -0.179. The van der Waals surface area contributed by atoms with Crippen molar-refractivity contribution < 1.29 is 4.39 Å². The van der Waals surface area contributed by atoms with Crippen LogP contribution in [0.1, 0.15) is 43.7 Å². The summed E-state index contributed by atoms with van der Waals surface area (Å²) in [6.45, 7) is 0.449. The quantitative estimate of drug-likeness (QED) is 0.728. The van der Waals surface area contributed by atoms with Crippen LogP contribution in [0, 0.1) is 22.6 Å². The van der Waals surface area contributed by atoms with Crippen molar-refractivity contribution in [3.8, 4) is 0 Å². The van der Waals surface area contributed by atoms with Crippen LogP contribution < -0.4 is 0 Å². The topological polar surface area (TPSA) is 32.7 Å². The van der Waals surface area contributed by atoms with Crippen LogP contribution in [0.25, 0.3) is 0 Å². The molecule has 0 aromatic heterocycles. The van der Waals surface area contributed by atoms with Crippen molar-refractivity contribution in [2.75, 3.05) is 20.6 Å². The van der Waals surface area contributed by atoms with Crippen molar-refractivity contribution in [1.82, 2.24) is 4.90 Å². The molecule has 0 radical (unpaired) electrons. The number of nitroso groups, excluding NO2 is 1. The van der Waals surface area contributed by atoms with Crippen molar-refractivity contribution >= 4 is 0 Å². The Bertz CT molecular complexity index is 439. The van der Waals surface area contributed by atoms with Crippen molar-refractivity contribution in [3.63, 3.8) is 0 Å². The summed E-state index contributed by atoms with van der Waals surface area (Å²) in [5.41, 5.74) is 1.19. The molecule has 3 nitrogen and oxygen atoms in total. The first-order valence-corrected chi connectivity index (χ1v) is 7.83. The first kappa shape index (κ1) is 16.1. The maximum Gasteiger partial charge on any atom is 0.123 e. The fourth-order valence-electron chi connectivity index (χ4n) is 3.68. The van der Waals surface area contributed by atoms with E-state index in [9.17, 15) is 9.30 Å². The van der Waals surface area contributed by atoms with Crippen molar-refractivity contribution in [1.29, 1.82) is 0 Å². The Morgan fingerprint density at radius 2 is 1.81 bits per heavy atom. The summed E-state index contributed by atoms with van der Waals surface area (Å²) < 4.78 is 13.1. The second-order valence-corrected chi connectivity index (χ2v) is 6.38. The molecule has 1 aromatic carbocycles. The predicted octanol–water partition coefficient (Wildman–Crippen LogP) is 4.39. The van der Waals surface area contributed by atoms with Crippen LogP contribution in [0.2, 0.25) is 0 Å². The highest BCUT2D eigenvalue weighted by atomic mass is 19.1. The van der Waals surface area contributed by atoms with Crippen LogP contribution in [0.15, 0.2) is 29.4 Å². The Morgan fingerprint density at radius 3 is 2.33 bits per heavy atom. The zero-order valence-electron chi connectivity index (χ0n) is 13.0. The Kier molecular flexibility index (Phi) is 5.85. The summed E-state index contributed by atoms with van der Waals surface area (Å²) in [7, 11) is 4.19. The highest BCUT2D eigenvalue weighted by Gasteiger charge is 2.29. The SMILES string of the molecule is CN(C)C(c1ccc(F)cc1)C1CCC(CCN=O)CC1. The van der Waals surface area contributed by atoms with Crippen molar-refractivity contribution in [2.45, 2.75) is 38.1 Å². The zero-order valence-corrected chi connectivity index (χ0v) is 13.0. The Morgan fingerprint density at radius 1 is 1.19 bits per heavy atom. The summed E-state index contributed by atoms with van der Waals surface area (Å²) in [6, 6.07) is 7.25. The van der Waals surface area contributed by atoms with E-state index in [0.717, 1.165) is 6.42 Å². The Labute approximate surface area is 126 Å². The minimum absolute atomic E-state index is 0.179. The van der Waals surface area contributed by atoms with Crippen molar-refractivity contribution in [3.05, 3.63) is 40.6 Å². The highest BCUT2D eigenvalue weighted by Crippen LogP contribution is 2.40. The van der Waals surface area contributed by atoms with Gasteiger partial charge in [-0.3, -0.25) is 0 Å². The lowest BCUT2D eigenvalue weighted by atomic mass is 9.75. The van der Waals surface area contributed by atoms with E-state index in [0.29, 0.717) is 24.4 Å². The smallest absolute Gasteiger partial charge is 0.123 e. The monoisotopic (exact) mass is 292 g/mol. The molecular weight excluding hydrogens is 267 g/mol. The van der Waals surface area contributed by atoms with Gasteiger partial charge in [-0.25, -0.2) is 4.39 Å². The first-order chi connectivity index (χ1) is 10.1. The molecule has 1 aliphatic rings. The molecule has 1 aromatic rings. The van der Waals surface area contributed by atoms with Crippen LogP contribution in [0.4, 0.5) is 4.39 Å². The second-order valence-electron chi connectivity index (χ2n) is 6.38. The molecular formula is C17H25FN2O. The molecule has 0 heterocycles. The average Bonchev–Trinajstić information content (AvgIpc) is 2.48. The molecule has 1 atom stereocenters. The van der Waals surface area contributed by atoms with E-state index in [1.165, 1.54) is 31.2 Å². The maximum absolute atomic E-state index is 13.1. The standard InChI is InChI=1S/C17H25FN2O/c1-20(2)17(15-7-9-16(18)10-8-15)14-5-3-13(4-6-14)11-12-19-21/h7-10,13-14,17H,3-6,11-12H2,1-2H3. The van der Waals surface area contributed by atoms with Crippen LogP contribution in [0.5, 0.6) is 0 Å². The van der Waals surface area contributed by atoms with E-state index in [-0.39, 0.29) is 5.82 Å². The van der Waals surface area contributed by atoms with E-state index < -0.39 is 0 Å². The number of nitrogens with zero attached hydrogens (tertiary/aromatic N) is 2. The minimum Gasteiger partial charge on any atom is -0.302 e. The van der Waals surface area contributed by atoms with E-state index >= 15 is 0 Å². The molecule has 116 valence electrons. The first-order valence-electron chi connectivity index (χ1n) is 7.83. The van der Waals surface area contributed by atoms with Gasteiger partial charge >= 0.3 is 0 Å². The fraction of sp³-hybridized carbons (Fsp3) is 0.647. The third kappa shape index (κ3) is 4.34. The normalized spacial score (nSPS) is 24.0. The molecule has 0 saturated heterocycles. The summed E-state index contributed by atoms with van der Waals surface area (Å²) >= 11 is 0. The van der Waals surface area contributed by atoms with E-state index in [1.807, 2.05) is 12.1 Å². The molecule has 1 unspecified atom stereocenters. The molecule has 21 heavy (non-hydrogen) atoms. The molecule has 0 aliphatic heterocycles. The van der Waals surface area contributed by atoms with Crippen LogP contribution in [-0.2, 0) is 0 Å². The van der Waals surface area contributed by atoms with Gasteiger partial charge in [0.15, 0.2) is 0 Å². The number of hydrogen-bond acceptors (Lipinski definition) is 3. The van der Waals surface area contributed by atoms with Crippen LogP contribution in [0.3, 0.4) is 0 Å². The number of hydrogen-bond donors (Lipinski definition) is 0. The van der Waals surface area contributed by atoms with Gasteiger partial charge in [-0.05, 0) is 62.9 Å². The third-order valence-electron chi connectivity index (χ3n) is 4.73. The van der Waals surface area contributed by atoms with Gasteiger partial charge in [0, 0.05) is 6.04 Å². The van der Waals surface area contributed by atoms with Gasteiger partial charge in [0.05, 0.1) is 6.54 Å². The molecule has 1 fully saturated rings. The van der Waals surface area contributed by atoms with Gasteiger partial charge in [0.1, 0.15) is 5.82 Å². The molecule has 2 rings (SSSR count). The Balaban J connectivity index is 2.00. The third-order valence-corrected chi connectivity index (χ3v) is 4.73. The molecule has 0 spiro atoms. The molecule has 1 aliphatic carbocycles. The summed E-state index contributed by atoms with van der Waals surface area (Å²) in [5.74, 6) is 1.07. The predicted molar refractivity (Wildman–Crippen MR) is 83.6 cm³/mol. The average molecular weight is 292 g/mol. The van der Waals surface area contributed by atoms with Gasteiger partial charge in [0.2, 0.25) is 0 Å². The summed E-state index contributed by atoms with van der Waals surface area (Å²) in [4.78, 5) is 12.5. The number of benzene rings is 1. The van der Waals surface area contributed by atoms with E-state index in [1.54, 1.807) is 12.1 Å². The van der Waals surface area contributed by atoms with E-state index in [2.05, 4.69) is 24.2 Å². The maximum atomic E-state index is 13.1. The number of rotatable bonds is 6. The molecule has 1 saturated carbocycles. The van der Waals surface area contributed by atoms with Gasteiger partial charge < -0.3 is 4.90 Å². The number of halogens is 1. The lowest BCUT2D eigenvalue weighted by molar-refractivity contribution is 0.147. The fourth-order valence-corrected chi connectivity index (χ4v) is 3.68. The van der Waals surface area contributed by atoms with Crippen LogP contribution in [-0.4, -0.2) is 25.5 Å². The van der Waals surface area contributed by atoms with Gasteiger partial charge in [-0.1, -0.05) is 30.2 Å². The van der Waals surface area contributed by atoms with Crippen molar-refractivity contribution in [2.24, 2.45) is 17.0 Å². The summed E-state index contributed by atoms with van der Waals surface area (Å²) in [5, 5.41) is 2.97.